The molecule has 0 aliphatic carbocycles. The molecule has 0 aliphatic heterocycles. The van der Waals surface area contributed by atoms with Gasteiger partial charge >= 0.3 is 0 Å². The molecule has 0 saturated heterocycles. The molecule has 2 N–H and O–H groups in total. The van der Waals surface area contributed by atoms with Crippen LogP contribution in [0.1, 0.15) is 26.7 Å². The van der Waals surface area contributed by atoms with Gasteiger partial charge in [0, 0.05) is 25.7 Å². The minimum atomic E-state index is 0.484. The molecule has 0 atom stereocenters. The van der Waals surface area contributed by atoms with Gasteiger partial charge in [-0.05, 0) is 13.3 Å². The molecule has 17 heavy (non-hydrogen) atoms. The molecule has 0 aromatic carbocycles. The molecule has 0 saturated carbocycles. The molecule has 0 aliphatic rings. The highest BCUT2D eigenvalue weighted by Gasteiger charge is 2.07. The summed E-state index contributed by atoms with van der Waals surface area (Å²) in [6, 6.07) is 1.87. The van der Waals surface area contributed by atoms with Crippen LogP contribution in [-0.4, -0.2) is 36.2 Å². The number of ether oxygens (including phenoxy) is 1. The zero-order valence-electron chi connectivity index (χ0n) is 10.7. The molecule has 1 aromatic rings. The Kier molecular flexibility index (Phi) is 6.32. The van der Waals surface area contributed by atoms with E-state index in [-0.39, 0.29) is 0 Å². The van der Waals surface area contributed by atoms with Crippen LogP contribution in [0.4, 0.5) is 5.82 Å². The van der Waals surface area contributed by atoms with Crippen LogP contribution < -0.4 is 15.4 Å². The average Bonchev–Trinajstić information content (AvgIpc) is 2.38. The zero-order chi connectivity index (χ0) is 12.5. The maximum absolute atomic E-state index is 5.39. The lowest BCUT2D eigenvalue weighted by atomic mass is 10.3. The van der Waals surface area contributed by atoms with Gasteiger partial charge in [-0.15, -0.1) is 0 Å². The summed E-state index contributed by atoms with van der Waals surface area (Å²) in [5.74, 6) is 1.51. The summed E-state index contributed by atoms with van der Waals surface area (Å²) in [5, 5.41) is 0. The van der Waals surface area contributed by atoms with Crippen molar-refractivity contribution in [1.82, 2.24) is 9.97 Å². The van der Waals surface area contributed by atoms with Crippen LogP contribution in [0.2, 0.25) is 0 Å². The van der Waals surface area contributed by atoms with E-state index in [1.54, 1.807) is 0 Å². The Bertz CT molecular complexity index is 319. The first-order valence-corrected chi connectivity index (χ1v) is 6.21. The summed E-state index contributed by atoms with van der Waals surface area (Å²) >= 11 is 0. The first-order chi connectivity index (χ1) is 8.31. The molecule has 0 radical (unpaired) electrons. The quantitative estimate of drug-likeness (QED) is 0.742. The second-order valence-electron chi connectivity index (χ2n) is 3.78. The van der Waals surface area contributed by atoms with Crippen LogP contribution in [-0.2, 0) is 0 Å². The minimum Gasteiger partial charge on any atom is -0.476 e. The largest absolute Gasteiger partial charge is 0.476 e. The number of aromatic nitrogens is 2. The van der Waals surface area contributed by atoms with Gasteiger partial charge in [0.05, 0.1) is 0 Å². The predicted octanol–water partition coefficient (Wildman–Crippen LogP) is 1.44. The maximum Gasteiger partial charge on any atom is 0.218 e. The predicted molar refractivity (Wildman–Crippen MR) is 69.4 cm³/mol. The van der Waals surface area contributed by atoms with Crippen molar-refractivity contribution in [2.45, 2.75) is 26.7 Å². The van der Waals surface area contributed by atoms with Crippen molar-refractivity contribution in [3.63, 3.8) is 0 Å². The van der Waals surface area contributed by atoms with Gasteiger partial charge in [0.15, 0.2) is 0 Å². The van der Waals surface area contributed by atoms with E-state index in [2.05, 4.69) is 28.7 Å². The Morgan fingerprint density at radius 2 is 2.18 bits per heavy atom. The Hall–Kier alpha value is -1.36. The van der Waals surface area contributed by atoms with Crippen LogP contribution >= 0.6 is 0 Å². The van der Waals surface area contributed by atoms with Gasteiger partial charge < -0.3 is 15.4 Å². The monoisotopic (exact) mass is 238 g/mol. The highest BCUT2D eigenvalue weighted by atomic mass is 16.5. The van der Waals surface area contributed by atoms with Gasteiger partial charge in [-0.1, -0.05) is 13.3 Å². The first-order valence-electron chi connectivity index (χ1n) is 6.21. The molecule has 1 aromatic heterocycles. The third-order valence-corrected chi connectivity index (χ3v) is 2.48. The summed E-state index contributed by atoms with van der Waals surface area (Å²) in [5.41, 5.74) is 5.39. The number of hydrogen-bond acceptors (Lipinski definition) is 5. The van der Waals surface area contributed by atoms with E-state index in [9.17, 15) is 0 Å². The second kappa shape index (κ2) is 7.84. The minimum absolute atomic E-state index is 0.484. The third kappa shape index (κ3) is 4.56. The number of anilines is 1. The van der Waals surface area contributed by atoms with Crippen molar-refractivity contribution in [2.75, 3.05) is 31.1 Å². The van der Waals surface area contributed by atoms with Gasteiger partial charge in [-0.25, -0.2) is 9.97 Å². The van der Waals surface area contributed by atoms with Crippen LogP contribution in [0.5, 0.6) is 5.88 Å². The highest BCUT2D eigenvalue weighted by Crippen LogP contribution is 2.15. The summed E-state index contributed by atoms with van der Waals surface area (Å²) in [6.07, 6.45) is 3.88. The van der Waals surface area contributed by atoms with E-state index in [0.29, 0.717) is 19.0 Å². The van der Waals surface area contributed by atoms with Gasteiger partial charge in [-0.2, -0.15) is 0 Å². The molecule has 1 rings (SSSR count). The van der Waals surface area contributed by atoms with Gasteiger partial charge in [0.2, 0.25) is 5.88 Å². The van der Waals surface area contributed by atoms with E-state index < -0.39 is 0 Å². The lowest BCUT2D eigenvalue weighted by Gasteiger charge is -2.21. The molecule has 0 amide bonds. The smallest absolute Gasteiger partial charge is 0.218 e. The molecule has 1 heterocycles. The molecule has 0 unspecified atom stereocenters. The van der Waals surface area contributed by atoms with E-state index in [0.717, 1.165) is 25.3 Å². The Morgan fingerprint density at radius 3 is 2.82 bits per heavy atom. The standard InChI is InChI=1S/C12H22N4O/c1-3-5-7-16(4-2)11-9-12(15-10-14-11)17-8-6-13/h9-10H,3-8,13H2,1-2H3. The Balaban J connectivity index is 2.66. The fourth-order valence-corrected chi connectivity index (χ4v) is 1.53. The van der Waals surface area contributed by atoms with Gasteiger partial charge in [-0.3, -0.25) is 0 Å². The molecular weight excluding hydrogens is 216 g/mol. The van der Waals surface area contributed by atoms with Crippen LogP contribution in [0, 0.1) is 0 Å². The number of nitrogens with zero attached hydrogens (tertiary/aromatic N) is 3. The van der Waals surface area contributed by atoms with Crippen molar-refractivity contribution in [3.05, 3.63) is 12.4 Å². The van der Waals surface area contributed by atoms with E-state index in [1.807, 2.05) is 6.07 Å². The summed E-state index contributed by atoms with van der Waals surface area (Å²) in [7, 11) is 0. The second-order valence-corrected chi connectivity index (χ2v) is 3.78. The topological polar surface area (TPSA) is 64.3 Å². The number of rotatable bonds is 8. The molecule has 0 bridgehead atoms. The molecule has 5 nitrogen and oxygen atoms in total. The van der Waals surface area contributed by atoms with Gasteiger partial charge in [0.25, 0.3) is 0 Å². The third-order valence-electron chi connectivity index (χ3n) is 2.48. The Morgan fingerprint density at radius 1 is 1.35 bits per heavy atom. The number of unbranched alkanes of at least 4 members (excludes halogenated alkanes) is 1. The average molecular weight is 238 g/mol. The van der Waals surface area contributed by atoms with E-state index >= 15 is 0 Å². The van der Waals surface area contributed by atoms with Crippen LogP contribution in [0.15, 0.2) is 12.4 Å². The van der Waals surface area contributed by atoms with Crippen LogP contribution in [0.25, 0.3) is 0 Å². The normalized spacial score (nSPS) is 10.3. The van der Waals surface area contributed by atoms with E-state index in [1.165, 1.54) is 12.7 Å². The maximum atomic E-state index is 5.39. The first kappa shape index (κ1) is 13.7. The van der Waals surface area contributed by atoms with Crippen molar-refractivity contribution >= 4 is 5.82 Å². The molecule has 0 spiro atoms. The number of nitrogens with two attached hydrogens (primary N) is 1. The highest BCUT2D eigenvalue weighted by molar-refractivity contribution is 5.40. The SMILES string of the molecule is CCCCN(CC)c1cc(OCCN)ncn1. The lowest BCUT2D eigenvalue weighted by molar-refractivity contribution is 0.315. The van der Waals surface area contributed by atoms with Crippen molar-refractivity contribution < 1.29 is 4.74 Å². The molecule has 0 fully saturated rings. The van der Waals surface area contributed by atoms with Crippen molar-refractivity contribution in [2.24, 2.45) is 5.73 Å². The molecule has 96 valence electrons. The lowest BCUT2D eigenvalue weighted by Crippen LogP contribution is -2.25. The van der Waals surface area contributed by atoms with Crippen molar-refractivity contribution in [1.29, 1.82) is 0 Å². The fraction of sp³-hybridized carbons (Fsp3) is 0.667. The number of hydrogen-bond donors (Lipinski definition) is 1. The van der Waals surface area contributed by atoms with Gasteiger partial charge in [0.1, 0.15) is 18.8 Å². The van der Waals surface area contributed by atoms with E-state index in [4.69, 9.17) is 10.5 Å². The molecular formula is C12H22N4O. The summed E-state index contributed by atoms with van der Waals surface area (Å²) < 4.78 is 5.39. The summed E-state index contributed by atoms with van der Waals surface area (Å²) in [6.45, 7) is 7.24. The Labute approximate surface area is 103 Å². The zero-order valence-corrected chi connectivity index (χ0v) is 10.7. The van der Waals surface area contributed by atoms with Crippen LogP contribution in [0.3, 0.4) is 0 Å². The molecule has 5 heteroatoms. The fourth-order valence-electron chi connectivity index (χ4n) is 1.53. The summed E-state index contributed by atoms with van der Waals surface area (Å²) in [4.78, 5) is 10.6. The van der Waals surface area contributed by atoms with Crippen molar-refractivity contribution in [3.8, 4) is 5.88 Å².